The standard InChI is InChI=1S/C12H14ClNO/c1-7-4-9-11(14-8-2-3-8)6-15-12(9)10(13)5-7/h4-5,8,11,14H,2-3,6H2,1H3. The van der Waals surface area contributed by atoms with E-state index < -0.39 is 0 Å². The Labute approximate surface area is 94.6 Å². The Morgan fingerprint density at radius 2 is 2.20 bits per heavy atom. The summed E-state index contributed by atoms with van der Waals surface area (Å²) in [5.74, 6) is 0.875. The summed E-state index contributed by atoms with van der Waals surface area (Å²) in [4.78, 5) is 0. The van der Waals surface area contributed by atoms with Gasteiger partial charge in [0.15, 0.2) is 0 Å². The highest BCUT2D eigenvalue weighted by atomic mass is 35.5. The van der Waals surface area contributed by atoms with Crippen LogP contribution in [-0.2, 0) is 0 Å². The molecular weight excluding hydrogens is 210 g/mol. The third kappa shape index (κ3) is 1.72. The molecule has 3 heteroatoms. The molecule has 1 aliphatic carbocycles. The zero-order valence-electron chi connectivity index (χ0n) is 8.72. The van der Waals surface area contributed by atoms with Crippen LogP contribution >= 0.6 is 11.6 Å². The predicted octanol–water partition coefficient (Wildman–Crippen LogP) is 2.83. The predicted molar refractivity (Wildman–Crippen MR) is 60.6 cm³/mol. The molecule has 2 nitrogen and oxygen atoms in total. The van der Waals surface area contributed by atoms with Crippen molar-refractivity contribution in [1.82, 2.24) is 5.32 Å². The lowest BCUT2D eigenvalue weighted by Crippen LogP contribution is -2.24. The second-order valence-electron chi connectivity index (χ2n) is 4.47. The second-order valence-corrected chi connectivity index (χ2v) is 4.88. The zero-order chi connectivity index (χ0) is 10.4. The Bertz CT molecular complexity index is 401. The molecule has 1 saturated carbocycles. The summed E-state index contributed by atoms with van der Waals surface area (Å²) in [6.45, 7) is 2.79. The van der Waals surface area contributed by atoms with E-state index >= 15 is 0 Å². The SMILES string of the molecule is Cc1cc(Cl)c2c(c1)C(NC1CC1)CO2. The second kappa shape index (κ2) is 3.39. The number of rotatable bonds is 2. The Morgan fingerprint density at radius 3 is 2.93 bits per heavy atom. The molecule has 1 aromatic rings. The van der Waals surface area contributed by atoms with Crippen LogP contribution in [0.5, 0.6) is 5.75 Å². The van der Waals surface area contributed by atoms with Gasteiger partial charge in [-0.15, -0.1) is 0 Å². The van der Waals surface area contributed by atoms with Crippen LogP contribution in [0.1, 0.15) is 30.0 Å². The lowest BCUT2D eigenvalue weighted by atomic mass is 10.1. The first-order chi connectivity index (χ1) is 7.24. The van der Waals surface area contributed by atoms with Gasteiger partial charge < -0.3 is 10.1 Å². The normalized spacial score (nSPS) is 23.7. The fourth-order valence-corrected chi connectivity index (χ4v) is 2.43. The van der Waals surface area contributed by atoms with E-state index in [4.69, 9.17) is 16.3 Å². The van der Waals surface area contributed by atoms with Crippen LogP contribution in [0, 0.1) is 6.92 Å². The zero-order valence-corrected chi connectivity index (χ0v) is 9.47. The summed E-state index contributed by atoms with van der Waals surface area (Å²) in [5, 5.41) is 4.32. The summed E-state index contributed by atoms with van der Waals surface area (Å²) >= 11 is 6.14. The first-order valence-electron chi connectivity index (χ1n) is 5.43. The molecule has 1 heterocycles. The maximum absolute atomic E-state index is 6.14. The largest absolute Gasteiger partial charge is 0.490 e. The number of benzene rings is 1. The van der Waals surface area contributed by atoms with Gasteiger partial charge in [-0.3, -0.25) is 0 Å². The van der Waals surface area contributed by atoms with Gasteiger partial charge in [-0.25, -0.2) is 0 Å². The number of fused-ring (bicyclic) bond motifs is 1. The number of aryl methyl sites for hydroxylation is 1. The average molecular weight is 224 g/mol. The molecule has 0 bridgehead atoms. The minimum Gasteiger partial charge on any atom is -0.490 e. The van der Waals surface area contributed by atoms with Crippen molar-refractivity contribution in [2.45, 2.75) is 31.8 Å². The van der Waals surface area contributed by atoms with E-state index in [1.165, 1.54) is 24.0 Å². The molecule has 80 valence electrons. The first kappa shape index (κ1) is 9.49. The van der Waals surface area contributed by atoms with Crippen molar-refractivity contribution in [3.63, 3.8) is 0 Å². The fraction of sp³-hybridized carbons (Fsp3) is 0.500. The van der Waals surface area contributed by atoms with Gasteiger partial charge in [0.1, 0.15) is 12.4 Å². The molecule has 1 aromatic carbocycles. The first-order valence-corrected chi connectivity index (χ1v) is 5.81. The van der Waals surface area contributed by atoms with Crippen LogP contribution < -0.4 is 10.1 Å². The molecule has 1 N–H and O–H groups in total. The van der Waals surface area contributed by atoms with E-state index in [0.717, 1.165) is 17.4 Å². The van der Waals surface area contributed by atoms with E-state index in [1.54, 1.807) is 0 Å². The Balaban J connectivity index is 1.93. The Kier molecular flexibility index (Phi) is 2.15. The molecule has 1 fully saturated rings. The maximum atomic E-state index is 6.14. The molecule has 0 aromatic heterocycles. The van der Waals surface area contributed by atoms with Gasteiger partial charge in [-0.2, -0.15) is 0 Å². The van der Waals surface area contributed by atoms with E-state index in [0.29, 0.717) is 12.1 Å². The summed E-state index contributed by atoms with van der Waals surface area (Å²) in [6.07, 6.45) is 2.59. The topological polar surface area (TPSA) is 21.3 Å². The van der Waals surface area contributed by atoms with Gasteiger partial charge >= 0.3 is 0 Å². The van der Waals surface area contributed by atoms with Gasteiger partial charge in [0.05, 0.1) is 11.1 Å². The van der Waals surface area contributed by atoms with Gasteiger partial charge in [-0.1, -0.05) is 17.7 Å². The van der Waals surface area contributed by atoms with Crippen LogP contribution in [0.3, 0.4) is 0 Å². The summed E-state index contributed by atoms with van der Waals surface area (Å²) in [6, 6.07) is 5.17. The van der Waals surface area contributed by atoms with Gasteiger partial charge in [0.2, 0.25) is 0 Å². The maximum Gasteiger partial charge on any atom is 0.142 e. The average Bonchev–Trinajstić information content (AvgIpc) is 2.89. The van der Waals surface area contributed by atoms with Crippen molar-refractivity contribution < 1.29 is 4.74 Å². The summed E-state index contributed by atoms with van der Waals surface area (Å²) in [7, 11) is 0. The van der Waals surface area contributed by atoms with Gasteiger partial charge in [0.25, 0.3) is 0 Å². The molecule has 15 heavy (non-hydrogen) atoms. The van der Waals surface area contributed by atoms with Crippen molar-refractivity contribution in [3.05, 3.63) is 28.3 Å². The number of nitrogens with one attached hydrogen (secondary N) is 1. The van der Waals surface area contributed by atoms with Crippen molar-refractivity contribution in [2.24, 2.45) is 0 Å². The highest BCUT2D eigenvalue weighted by molar-refractivity contribution is 6.32. The minimum absolute atomic E-state index is 0.338. The smallest absolute Gasteiger partial charge is 0.142 e. The van der Waals surface area contributed by atoms with Crippen molar-refractivity contribution >= 4 is 11.6 Å². The summed E-state index contributed by atoms with van der Waals surface area (Å²) < 4.78 is 5.63. The Hall–Kier alpha value is -0.730. The van der Waals surface area contributed by atoms with E-state index in [1.807, 2.05) is 6.07 Å². The molecule has 1 aliphatic heterocycles. The highest BCUT2D eigenvalue weighted by Gasteiger charge is 2.31. The highest BCUT2D eigenvalue weighted by Crippen LogP contribution is 2.40. The number of halogens is 1. The van der Waals surface area contributed by atoms with Crippen molar-refractivity contribution in [1.29, 1.82) is 0 Å². The van der Waals surface area contributed by atoms with Crippen LogP contribution in [0.4, 0.5) is 0 Å². The number of ether oxygens (including phenoxy) is 1. The van der Waals surface area contributed by atoms with Gasteiger partial charge in [-0.05, 0) is 31.4 Å². The molecule has 0 saturated heterocycles. The molecule has 0 spiro atoms. The fourth-order valence-electron chi connectivity index (χ4n) is 2.10. The lowest BCUT2D eigenvalue weighted by molar-refractivity contribution is 0.310. The quantitative estimate of drug-likeness (QED) is 0.833. The van der Waals surface area contributed by atoms with Crippen molar-refractivity contribution in [3.8, 4) is 5.75 Å². The molecular formula is C12H14ClNO. The molecule has 1 atom stereocenters. The minimum atomic E-state index is 0.338. The third-order valence-corrected chi connectivity index (χ3v) is 3.28. The van der Waals surface area contributed by atoms with Crippen molar-refractivity contribution in [2.75, 3.05) is 6.61 Å². The van der Waals surface area contributed by atoms with Gasteiger partial charge in [0, 0.05) is 11.6 Å². The number of hydrogen-bond donors (Lipinski definition) is 1. The van der Waals surface area contributed by atoms with E-state index in [2.05, 4.69) is 18.3 Å². The molecule has 3 rings (SSSR count). The van der Waals surface area contributed by atoms with Crippen LogP contribution in [0.2, 0.25) is 5.02 Å². The number of hydrogen-bond acceptors (Lipinski definition) is 2. The molecule has 1 unspecified atom stereocenters. The Morgan fingerprint density at radius 1 is 1.40 bits per heavy atom. The molecule has 0 radical (unpaired) electrons. The lowest BCUT2D eigenvalue weighted by Gasteiger charge is -2.10. The van der Waals surface area contributed by atoms with Crippen LogP contribution in [0.25, 0.3) is 0 Å². The third-order valence-electron chi connectivity index (χ3n) is 3.00. The summed E-state index contributed by atoms with van der Waals surface area (Å²) in [5.41, 5.74) is 2.43. The van der Waals surface area contributed by atoms with E-state index in [9.17, 15) is 0 Å². The monoisotopic (exact) mass is 223 g/mol. The van der Waals surface area contributed by atoms with E-state index in [-0.39, 0.29) is 0 Å². The molecule has 2 aliphatic rings. The molecule has 0 amide bonds. The van der Waals surface area contributed by atoms with Crippen LogP contribution in [-0.4, -0.2) is 12.6 Å². The van der Waals surface area contributed by atoms with Crippen LogP contribution in [0.15, 0.2) is 12.1 Å².